The van der Waals surface area contributed by atoms with Gasteiger partial charge in [-0.25, -0.2) is 4.98 Å². The van der Waals surface area contributed by atoms with Gasteiger partial charge in [-0.2, -0.15) is 0 Å². The first-order valence-electron chi connectivity index (χ1n) is 6.43. The zero-order chi connectivity index (χ0) is 14.4. The number of para-hydroxylation sites is 1. The summed E-state index contributed by atoms with van der Waals surface area (Å²) in [7, 11) is 0. The molecule has 0 aliphatic carbocycles. The number of rotatable bonds is 6. The van der Waals surface area contributed by atoms with Crippen molar-refractivity contribution in [2.75, 3.05) is 6.54 Å². The number of aromatic nitrogens is 1. The molecule has 0 fully saturated rings. The van der Waals surface area contributed by atoms with Gasteiger partial charge in [0.15, 0.2) is 0 Å². The number of hydrogen-bond donors (Lipinski definition) is 2. The summed E-state index contributed by atoms with van der Waals surface area (Å²) in [6.45, 7) is 3.72. The maximum Gasteiger partial charge on any atom is 0.252 e. The third-order valence-electron chi connectivity index (χ3n) is 2.74. The Morgan fingerprint density at radius 2 is 2.10 bits per heavy atom. The van der Waals surface area contributed by atoms with Crippen LogP contribution in [0.1, 0.15) is 22.8 Å². The van der Waals surface area contributed by atoms with Gasteiger partial charge in [0.25, 0.3) is 5.91 Å². The summed E-state index contributed by atoms with van der Waals surface area (Å²) in [6.07, 6.45) is 1.74. The number of primary amides is 1. The molecule has 3 N–H and O–H groups in total. The molecule has 5 heteroatoms. The van der Waals surface area contributed by atoms with Gasteiger partial charge in [-0.05, 0) is 24.2 Å². The van der Waals surface area contributed by atoms with Crippen molar-refractivity contribution in [3.63, 3.8) is 0 Å². The minimum absolute atomic E-state index is 0.339. The lowest BCUT2D eigenvalue weighted by atomic mass is 10.2. The predicted octanol–water partition coefficient (Wildman–Crippen LogP) is 2.08. The third kappa shape index (κ3) is 3.55. The summed E-state index contributed by atoms with van der Waals surface area (Å²) in [4.78, 5) is 15.5. The fourth-order valence-electron chi connectivity index (χ4n) is 1.72. The number of hydrogen-bond acceptors (Lipinski definition) is 4. The second-order valence-corrected chi connectivity index (χ2v) is 4.25. The molecule has 0 spiro atoms. The Morgan fingerprint density at radius 3 is 2.75 bits per heavy atom. The molecule has 1 aromatic heterocycles. The van der Waals surface area contributed by atoms with E-state index in [1.807, 2.05) is 13.0 Å². The molecule has 1 heterocycles. The number of pyridine rings is 1. The van der Waals surface area contributed by atoms with Gasteiger partial charge in [-0.15, -0.1) is 0 Å². The predicted molar refractivity (Wildman–Crippen MR) is 76.7 cm³/mol. The summed E-state index contributed by atoms with van der Waals surface area (Å²) >= 11 is 0. The molecule has 1 amide bonds. The Hall–Kier alpha value is -2.40. The monoisotopic (exact) mass is 271 g/mol. The molecule has 2 rings (SSSR count). The van der Waals surface area contributed by atoms with Crippen LogP contribution in [0, 0.1) is 0 Å². The molecule has 0 radical (unpaired) electrons. The van der Waals surface area contributed by atoms with Gasteiger partial charge in [-0.3, -0.25) is 4.79 Å². The van der Waals surface area contributed by atoms with E-state index in [-0.39, 0.29) is 0 Å². The normalized spacial score (nSPS) is 10.2. The van der Waals surface area contributed by atoms with Crippen LogP contribution in [0.15, 0.2) is 42.6 Å². The molecule has 0 atom stereocenters. The highest BCUT2D eigenvalue weighted by Crippen LogP contribution is 2.23. The van der Waals surface area contributed by atoms with Crippen LogP contribution in [-0.2, 0) is 6.54 Å². The zero-order valence-electron chi connectivity index (χ0n) is 11.3. The maximum absolute atomic E-state index is 11.3. The second-order valence-electron chi connectivity index (χ2n) is 4.25. The van der Waals surface area contributed by atoms with Crippen LogP contribution >= 0.6 is 0 Å². The second kappa shape index (κ2) is 6.68. The largest absolute Gasteiger partial charge is 0.438 e. The van der Waals surface area contributed by atoms with Crippen LogP contribution in [0.3, 0.4) is 0 Å². The third-order valence-corrected chi connectivity index (χ3v) is 2.74. The quantitative estimate of drug-likeness (QED) is 0.843. The van der Waals surface area contributed by atoms with E-state index in [9.17, 15) is 4.79 Å². The maximum atomic E-state index is 11.3. The van der Waals surface area contributed by atoms with Gasteiger partial charge in [0, 0.05) is 18.8 Å². The lowest BCUT2D eigenvalue weighted by Crippen LogP contribution is -2.12. The van der Waals surface area contributed by atoms with Crippen molar-refractivity contribution in [3.8, 4) is 11.6 Å². The molecule has 0 bridgehead atoms. The number of carbonyl (C=O) groups is 1. The van der Waals surface area contributed by atoms with E-state index in [0.717, 1.165) is 18.7 Å². The summed E-state index contributed by atoms with van der Waals surface area (Å²) in [6, 6.07) is 10.5. The number of nitrogens with one attached hydrogen (secondary N) is 1. The SMILES string of the molecule is CCNCc1ccc(Oc2ccccc2C(N)=O)nc1. The van der Waals surface area contributed by atoms with Crippen LogP contribution in [0.2, 0.25) is 0 Å². The molecule has 2 aromatic rings. The first-order chi connectivity index (χ1) is 9.70. The summed E-state index contributed by atoms with van der Waals surface area (Å²) < 4.78 is 5.60. The topological polar surface area (TPSA) is 77.2 Å². The van der Waals surface area contributed by atoms with Gasteiger partial charge in [0.05, 0.1) is 5.56 Å². The standard InChI is InChI=1S/C15H17N3O2/c1-2-17-9-11-7-8-14(18-10-11)20-13-6-4-3-5-12(13)15(16)19/h3-8,10,17H,2,9H2,1H3,(H2,16,19). The van der Waals surface area contributed by atoms with E-state index in [1.165, 1.54) is 0 Å². The summed E-state index contributed by atoms with van der Waals surface area (Å²) in [5.74, 6) is 0.315. The Labute approximate surface area is 117 Å². The Bertz CT molecular complexity index is 582. The Morgan fingerprint density at radius 1 is 1.30 bits per heavy atom. The van der Waals surface area contributed by atoms with Crippen LogP contribution in [0.5, 0.6) is 11.6 Å². The lowest BCUT2D eigenvalue weighted by Gasteiger charge is -2.08. The van der Waals surface area contributed by atoms with Crippen molar-refractivity contribution in [1.82, 2.24) is 10.3 Å². The van der Waals surface area contributed by atoms with Crippen LogP contribution < -0.4 is 15.8 Å². The molecule has 0 aliphatic heterocycles. The van der Waals surface area contributed by atoms with Crippen molar-refractivity contribution in [2.24, 2.45) is 5.73 Å². The summed E-state index contributed by atoms with van der Waals surface area (Å²) in [5, 5.41) is 3.22. The number of nitrogens with two attached hydrogens (primary N) is 1. The summed E-state index contributed by atoms with van der Waals surface area (Å²) in [5.41, 5.74) is 6.71. The van der Waals surface area contributed by atoms with E-state index in [1.54, 1.807) is 36.5 Å². The lowest BCUT2D eigenvalue weighted by molar-refractivity contribution is 0.0998. The van der Waals surface area contributed by atoms with Crippen molar-refractivity contribution < 1.29 is 9.53 Å². The molecule has 5 nitrogen and oxygen atoms in total. The molecule has 1 aromatic carbocycles. The minimum Gasteiger partial charge on any atom is -0.438 e. The molecule has 0 saturated carbocycles. The average Bonchev–Trinajstić information content (AvgIpc) is 2.47. The highest BCUT2D eigenvalue weighted by atomic mass is 16.5. The highest BCUT2D eigenvalue weighted by molar-refractivity contribution is 5.95. The van der Waals surface area contributed by atoms with Crippen LogP contribution in [-0.4, -0.2) is 17.4 Å². The van der Waals surface area contributed by atoms with E-state index < -0.39 is 5.91 Å². The molecule has 20 heavy (non-hydrogen) atoms. The van der Waals surface area contributed by atoms with E-state index >= 15 is 0 Å². The first-order valence-corrected chi connectivity index (χ1v) is 6.43. The van der Waals surface area contributed by atoms with Gasteiger partial charge < -0.3 is 15.8 Å². The van der Waals surface area contributed by atoms with E-state index in [2.05, 4.69) is 10.3 Å². The Balaban J connectivity index is 2.12. The van der Waals surface area contributed by atoms with Crippen molar-refractivity contribution >= 4 is 5.91 Å². The zero-order valence-corrected chi connectivity index (χ0v) is 11.3. The molecular formula is C15H17N3O2. The first kappa shape index (κ1) is 14.0. The number of benzene rings is 1. The van der Waals surface area contributed by atoms with Gasteiger partial charge in [0.1, 0.15) is 5.75 Å². The number of nitrogens with zero attached hydrogens (tertiary/aromatic N) is 1. The van der Waals surface area contributed by atoms with Gasteiger partial charge in [0.2, 0.25) is 5.88 Å². The molecule has 0 unspecified atom stereocenters. The highest BCUT2D eigenvalue weighted by Gasteiger charge is 2.09. The van der Waals surface area contributed by atoms with Crippen molar-refractivity contribution in [1.29, 1.82) is 0 Å². The fraction of sp³-hybridized carbons (Fsp3) is 0.200. The molecule has 104 valence electrons. The molecule has 0 saturated heterocycles. The number of carbonyl (C=O) groups excluding carboxylic acids is 1. The smallest absolute Gasteiger partial charge is 0.252 e. The number of amides is 1. The molecule has 0 aliphatic rings. The van der Waals surface area contributed by atoms with E-state index in [0.29, 0.717) is 17.2 Å². The van der Waals surface area contributed by atoms with Gasteiger partial charge in [-0.1, -0.05) is 25.1 Å². The number of ether oxygens (including phenoxy) is 1. The molecular weight excluding hydrogens is 254 g/mol. The van der Waals surface area contributed by atoms with E-state index in [4.69, 9.17) is 10.5 Å². The van der Waals surface area contributed by atoms with Crippen molar-refractivity contribution in [2.45, 2.75) is 13.5 Å². The minimum atomic E-state index is -0.524. The van der Waals surface area contributed by atoms with Crippen LogP contribution in [0.4, 0.5) is 0 Å². The van der Waals surface area contributed by atoms with Crippen molar-refractivity contribution in [3.05, 3.63) is 53.7 Å². The fourth-order valence-corrected chi connectivity index (χ4v) is 1.72. The average molecular weight is 271 g/mol. The van der Waals surface area contributed by atoms with Crippen LogP contribution in [0.25, 0.3) is 0 Å². The Kier molecular flexibility index (Phi) is 4.68. The van der Waals surface area contributed by atoms with Gasteiger partial charge >= 0.3 is 0 Å².